The van der Waals surface area contributed by atoms with Gasteiger partial charge in [0.25, 0.3) is 0 Å². The fourth-order valence-electron chi connectivity index (χ4n) is 3.47. The monoisotopic (exact) mass is 408 g/mol. The molecule has 0 saturated carbocycles. The summed E-state index contributed by atoms with van der Waals surface area (Å²) in [5.74, 6) is -3.17. The maximum Gasteiger partial charge on any atom is 0.151 e. The lowest BCUT2D eigenvalue weighted by Gasteiger charge is -2.24. The molecular formula is C21H18F2N6O. The molecule has 0 spiro atoms. The maximum absolute atomic E-state index is 14.7. The fraction of sp³-hybridized carbons (Fsp3) is 0.190. The van der Waals surface area contributed by atoms with Crippen LogP contribution in [0, 0.1) is 11.6 Å². The van der Waals surface area contributed by atoms with Crippen LogP contribution in [-0.4, -0.2) is 35.3 Å². The third-order valence-corrected chi connectivity index (χ3v) is 4.92. The normalized spacial score (nSPS) is 13.1. The van der Waals surface area contributed by atoms with Gasteiger partial charge in [-0.2, -0.15) is 10.2 Å². The molecule has 0 saturated heterocycles. The average molecular weight is 408 g/mol. The van der Waals surface area contributed by atoms with Gasteiger partial charge in [0.1, 0.15) is 36.9 Å². The van der Waals surface area contributed by atoms with Gasteiger partial charge in [0.05, 0.1) is 24.9 Å². The van der Waals surface area contributed by atoms with Crippen molar-refractivity contribution in [3.05, 3.63) is 96.6 Å². The predicted octanol–water partition coefficient (Wildman–Crippen LogP) is 2.98. The number of carbonyl (C=O) groups is 1. The summed E-state index contributed by atoms with van der Waals surface area (Å²) >= 11 is 0. The van der Waals surface area contributed by atoms with Gasteiger partial charge in [-0.25, -0.2) is 18.7 Å². The van der Waals surface area contributed by atoms with E-state index >= 15 is 0 Å². The number of carbonyl (C=O) groups excluding carboxylic acids is 1. The maximum atomic E-state index is 14.7. The molecule has 2 unspecified atom stereocenters. The van der Waals surface area contributed by atoms with Crippen molar-refractivity contribution in [2.24, 2.45) is 0 Å². The highest BCUT2D eigenvalue weighted by atomic mass is 19.1. The summed E-state index contributed by atoms with van der Waals surface area (Å²) in [4.78, 5) is 21.5. The van der Waals surface area contributed by atoms with Gasteiger partial charge in [0.2, 0.25) is 0 Å². The molecule has 7 nitrogen and oxygen atoms in total. The summed E-state index contributed by atoms with van der Waals surface area (Å²) in [6, 6.07) is 12.1. The lowest BCUT2D eigenvalue weighted by molar-refractivity contribution is -0.122. The first-order valence-corrected chi connectivity index (χ1v) is 9.31. The molecule has 0 N–H and O–H groups in total. The van der Waals surface area contributed by atoms with Crippen molar-refractivity contribution in [2.75, 3.05) is 0 Å². The van der Waals surface area contributed by atoms with Gasteiger partial charge in [0.15, 0.2) is 5.78 Å². The van der Waals surface area contributed by atoms with Crippen molar-refractivity contribution in [2.45, 2.75) is 24.9 Å². The minimum absolute atomic E-state index is 0.0715. The van der Waals surface area contributed by atoms with E-state index in [0.717, 1.165) is 0 Å². The molecule has 0 amide bonds. The standard InChI is InChI=1S/C21H18F2N6O/c22-19-7-3-1-5-15(19)17(9-28-13-24-11-26-28)21(30)18(10-29-14-25-12-27-29)16-6-2-4-8-20(16)23/h1-8,11-14,17-18H,9-10H2. The van der Waals surface area contributed by atoms with Gasteiger partial charge in [-0.15, -0.1) is 0 Å². The molecule has 0 aliphatic carbocycles. The van der Waals surface area contributed by atoms with Gasteiger partial charge < -0.3 is 0 Å². The molecule has 0 aliphatic rings. The summed E-state index contributed by atoms with van der Waals surface area (Å²) < 4.78 is 32.2. The van der Waals surface area contributed by atoms with Crippen LogP contribution in [0.25, 0.3) is 0 Å². The highest BCUT2D eigenvalue weighted by molar-refractivity contribution is 5.91. The van der Waals surface area contributed by atoms with E-state index in [2.05, 4.69) is 20.2 Å². The molecule has 152 valence electrons. The minimum atomic E-state index is -0.902. The molecule has 0 radical (unpaired) electrons. The van der Waals surface area contributed by atoms with E-state index in [9.17, 15) is 13.6 Å². The number of hydrogen-bond donors (Lipinski definition) is 0. The fourth-order valence-corrected chi connectivity index (χ4v) is 3.47. The summed E-state index contributed by atoms with van der Waals surface area (Å²) in [5.41, 5.74) is 0.441. The van der Waals surface area contributed by atoms with Crippen LogP contribution in [0.3, 0.4) is 0 Å². The Morgan fingerprint density at radius 1 is 0.767 bits per heavy atom. The number of halogens is 2. The number of nitrogens with zero attached hydrogens (tertiary/aromatic N) is 6. The van der Waals surface area contributed by atoms with Gasteiger partial charge in [-0.1, -0.05) is 36.4 Å². The minimum Gasteiger partial charge on any atom is -0.298 e. The van der Waals surface area contributed by atoms with Crippen molar-refractivity contribution in [3.63, 3.8) is 0 Å². The van der Waals surface area contributed by atoms with Crippen LogP contribution < -0.4 is 0 Å². The number of benzene rings is 2. The molecule has 4 aromatic rings. The second-order valence-corrected chi connectivity index (χ2v) is 6.79. The third kappa shape index (κ3) is 4.14. The average Bonchev–Trinajstić information content (AvgIpc) is 3.45. The number of hydrogen-bond acceptors (Lipinski definition) is 5. The van der Waals surface area contributed by atoms with Crippen LogP contribution in [0.15, 0.2) is 73.8 Å². The smallest absolute Gasteiger partial charge is 0.151 e. The van der Waals surface area contributed by atoms with E-state index in [4.69, 9.17) is 0 Å². The predicted molar refractivity (Wildman–Crippen MR) is 103 cm³/mol. The Labute approximate surface area is 171 Å². The van der Waals surface area contributed by atoms with Crippen molar-refractivity contribution in [1.82, 2.24) is 29.5 Å². The zero-order valence-electron chi connectivity index (χ0n) is 15.8. The Bertz CT molecular complexity index is 1030. The van der Waals surface area contributed by atoms with Crippen LogP contribution in [0.1, 0.15) is 23.0 Å². The van der Waals surface area contributed by atoms with E-state index in [1.807, 2.05) is 0 Å². The zero-order valence-corrected chi connectivity index (χ0v) is 15.8. The molecule has 9 heteroatoms. The van der Waals surface area contributed by atoms with E-state index < -0.39 is 23.5 Å². The number of rotatable bonds is 8. The van der Waals surface area contributed by atoms with Gasteiger partial charge in [-0.05, 0) is 12.1 Å². The van der Waals surface area contributed by atoms with E-state index in [-0.39, 0.29) is 30.0 Å². The Hall–Kier alpha value is -3.75. The zero-order chi connectivity index (χ0) is 20.9. The summed E-state index contributed by atoms with van der Waals surface area (Å²) in [6.07, 6.45) is 5.59. The second-order valence-electron chi connectivity index (χ2n) is 6.79. The summed E-state index contributed by atoms with van der Waals surface area (Å²) in [5, 5.41) is 8.10. The lowest BCUT2D eigenvalue weighted by atomic mass is 9.83. The summed E-state index contributed by atoms with van der Waals surface area (Å²) in [6.45, 7) is 0.143. The molecular weight excluding hydrogens is 390 g/mol. The topological polar surface area (TPSA) is 78.5 Å². The Morgan fingerprint density at radius 3 is 1.57 bits per heavy atom. The first kappa shape index (κ1) is 19.6. The van der Waals surface area contributed by atoms with Gasteiger partial charge in [-0.3, -0.25) is 14.2 Å². The van der Waals surface area contributed by atoms with E-state index in [1.165, 1.54) is 46.8 Å². The van der Waals surface area contributed by atoms with Gasteiger partial charge >= 0.3 is 0 Å². The first-order chi connectivity index (χ1) is 14.6. The molecule has 2 atom stereocenters. The number of aromatic nitrogens is 6. The van der Waals surface area contributed by atoms with Crippen molar-refractivity contribution in [1.29, 1.82) is 0 Å². The van der Waals surface area contributed by atoms with Crippen molar-refractivity contribution >= 4 is 5.78 Å². The lowest BCUT2D eigenvalue weighted by Crippen LogP contribution is -2.29. The van der Waals surface area contributed by atoms with Crippen molar-refractivity contribution < 1.29 is 13.6 Å². The molecule has 0 aliphatic heterocycles. The molecule has 2 aromatic heterocycles. The SMILES string of the molecule is O=C(C(Cn1cncn1)c1ccccc1F)C(Cn1cncn1)c1ccccc1F. The van der Waals surface area contributed by atoms with E-state index in [0.29, 0.717) is 0 Å². The molecule has 0 bridgehead atoms. The highest BCUT2D eigenvalue weighted by Crippen LogP contribution is 2.31. The molecule has 2 aromatic carbocycles. The van der Waals surface area contributed by atoms with Crippen LogP contribution in [0.5, 0.6) is 0 Å². The second kappa shape index (κ2) is 8.73. The quantitative estimate of drug-likeness (QED) is 0.448. The van der Waals surface area contributed by atoms with Crippen LogP contribution in [-0.2, 0) is 17.9 Å². The van der Waals surface area contributed by atoms with Crippen LogP contribution in [0.4, 0.5) is 8.78 Å². The molecule has 2 heterocycles. The Balaban J connectivity index is 1.77. The Morgan fingerprint density at radius 2 is 1.20 bits per heavy atom. The molecule has 30 heavy (non-hydrogen) atoms. The first-order valence-electron chi connectivity index (χ1n) is 9.31. The highest BCUT2D eigenvalue weighted by Gasteiger charge is 2.33. The third-order valence-electron chi connectivity index (χ3n) is 4.92. The van der Waals surface area contributed by atoms with Crippen molar-refractivity contribution in [3.8, 4) is 0 Å². The molecule has 0 fully saturated rings. The van der Waals surface area contributed by atoms with Gasteiger partial charge in [0, 0.05) is 11.1 Å². The number of ketones is 1. The largest absolute Gasteiger partial charge is 0.298 e. The van der Waals surface area contributed by atoms with Crippen LogP contribution in [0.2, 0.25) is 0 Å². The Kier molecular flexibility index (Phi) is 5.69. The number of Topliss-reactive ketones (excluding diaryl/α,β-unsaturated/α-hetero) is 1. The van der Waals surface area contributed by atoms with Crippen LogP contribution >= 0.6 is 0 Å². The van der Waals surface area contributed by atoms with E-state index in [1.54, 1.807) is 36.4 Å². The summed E-state index contributed by atoms with van der Waals surface area (Å²) in [7, 11) is 0. The molecule has 4 rings (SSSR count).